The van der Waals surface area contributed by atoms with Crippen molar-refractivity contribution < 1.29 is 24.8 Å². The fourth-order valence-corrected chi connectivity index (χ4v) is 0.514. The lowest BCUT2D eigenvalue weighted by molar-refractivity contribution is -0.186. The normalized spacial score (nSPS) is 14.6. The van der Waals surface area contributed by atoms with E-state index in [4.69, 9.17) is 5.11 Å². The number of hydrogen-bond acceptors (Lipinski definition) is 3. The number of carbonyl (C=O) groups is 1. The lowest BCUT2D eigenvalue weighted by Gasteiger charge is -2.31. The van der Waals surface area contributed by atoms with Crippen LogP contribution in [0.15, 0.2) is 0 Å². The molecule has 0 atom stereocenters. The predicted octanol–water partition coefficient (Wildman–Crippen LogP) is 1.12. The van der Waals surface area contributed by atoms with E-state index in [1.54, 1.807) is 25.0 Å². The van der Waals surface area contributed by atoms with Crippen LogP contribution in [0.25, 0.3) is 0 Å². The molecule has 0 aliphatic rings. The minimum Gasteiger partial charge on any atom is -0.448 e. The Morgan fingerprint density at radius 3 is 1.75 bits per heavy atom. The quantitative estimate of drug-likeness (QED) is 0.346. The number of rotatable bonds is 0. The van der Waals surface area contributed by atoms with Gasteiger partial charge in [-0.2, -0.15) is 0 Å². The second kappa shape index (κ2) is 3.04. The van der Waals surface area contributed by atoms with Crippen molar-refractivity contribution in [2.24, 2.45) is 0 Å². The summed E-state index contributed by atoms with van der Waals surface area (Å²) >= 11 is 0. The summed E-state index contributed by atoms with van der Waals surface area (Å²) in [7, 11) is -2.19. The summed E-state index contributed by atoms with van der Waals surface area (Å²) in [4.78, 5) is 17.8. The van der Waals surface area contributed by atoms with Gasteiger partial charge in [0.1, 0.15) is 0 Å². The van der Waals surface area contributed by atoms with Gasteiger partial charge in [0.05, 0.1) is 0 Å². The molecule has 12 heavy (non-hydrogen) atoms. The molecule has 0 aromatic carbocycles. The molecule has 0 spiro atoms. The topological polar surface area (TPSA) is 76.0 Å². The Balaban J connectivity index is 4.51. The van der Waals surface area contributed by atoms with Crippen LogP contribution in [0.5, 0.6) is 0 Å². The lowest BCUT2D eigenvalue weighted by Crippen LogP contribution is -2.18. The average molecular weight is 198 g/mol. The maximum absolute atomic E-state index is 9.88. The second-order valence-electron chi connectivity index (χ2n) is 3.96. The van der Waals surface area contributed by atoms with E-state index in [9.17, 15) is 9.90 Å². The van der Waals surface area contributed by atoms with Gasteiger partial charge < -0.3 is 10.2 Å². The van der Waals surface area contributed by atoms with Gasteiger partial charge >= 0.3 is 6.16 Å². The Bertz CT molecular complexity index is 238. The van der Waals surface area contributed by atoms with Crippen molar-refractivity contribution in [3.05, 3.63) is 0 Å². The highest BCUT2D eigenvalue weighted by Crippen LogP contribution is 2.44. The largest absolute Gasteiger partial charge is 0.538 e. The van der Waals surface area contributed by atoms with Crippen molar-refractivity contribution in [1.29, 1.82) is 0 Å². The number of carboxylic acid groups (broad SMARTS) is 1. The van der Waals surface area contributed by atoms with Crippen LogP contribution >= 0.6 is 8.75 Å². The third kappa shape index (κ3) is 4.32. The summed E-state index contributed by atoms with van der Waals surface area (Å²) < 4.78 is 0. The van der Waals surface area contributed by atoms with E-state index in [2.05, 4.69) is 9.78 Å². The van der Waals surface area contributed by atoms with Gasteiger partial charge in [-0.25, -0.2) is 13.5 Å². The molecule has 5 nitrogen and oxygen atoms in total. The first-order chi connectivity index (χ1) is 5.10. The Labute approximate surface area is 70.7 Å². The van der Waals surface area contributed by atoms with Crippen LogP contribution in [-0.4, -0.2) is 46.6 Å². The zero-order valence-corrected chi connectivity index (χ0v) is 8.34. The summed E-state index contributed by atoms with van der Waals surface area (Å²) in [6, 6.07) is 0. The molecule has 0 amide bonds. The van der Waals surface area contributed by atoms with Crippen LogP contribution in [0.2, 0.25) is 0 Å². The number of aliphatic hydroxyl groups excluding tert-OH is 1. The summed E-state index contributed by atoms with van der Waals surface area (Å²) in [5, 5.41) is 16.9. The molecule has 0 rings (SSSR count). The molecule has 2 N–H and O–H groups in total. The Morgan fingerprint density at radius 1 is 1.08 bits per heavy atom. The fourth-order valence-electron chi connectivity index (χ4n) is 0.207. The summed E-state index contributed by atoms with van der Waals surface area (Å²) in [5.74, 6) is 0. The van der Waals surface area contributed by atoms with Gasteiger partial charge in [-0.15, -0.1) is 4.89 Å². The minimum absolute atomic E-state index is 0.380. The van der Waals surface area contributed by atoms with Crippen molar-refractivity contribution >= 4 is 20.1 Å². The van der Waals surface area contributed by atoms with Crippen LogP contribution in [0.4, 0.5) is 4.79 Å². The molecular formula is C6H14O5S. The van der Waals surface area contributed by atoms with E-state index >= 15 is 0 Å². The van der Waals surface area contributed by atoms with Gasteiger partial charge in [0, 0.05) is 0 Å². The third-order valence-electron chi connectivity index (χ3n) is 0.883. The van der Waals surface area contributed by atoms with Crippen molar-refractivity contribution in [2.45, 2.75) is 0 Å². The molecule has 0 aliphatic heterocycles. The van der Waals surface area contributed by atoms with E-state index in [-0.39, 0.29) is 5.24 Å². The highest BCUT2D eigenvalue weighted by atomic mass is 32.3. The van der Waals surface area contributed by atoms with Gasteiger partial charge in [-0.05, 0) is 25.0 Å². The van der Waals surface area contributed by atoms with Crippen molar-refractivity contribution in [1.82, 2.24) is 0 Å². The molecule has 0 heterocycles. The SMILES string of the molecule is CS(C)(C)(C)=C(O)OOC(=O)O. The van der Waals surface area contributed by atoms with Crippen LogP contribution in [0.3, 0.4) is 0 Å². The molecule has 74 valence electrons. The first kappa shape index (κ1) is 11.4. The first-order valence-corrected chi connectivity index (χ1v) is 6.74. The van der Waals surface area contributed by atoms with E-state index in [0.29, 0.717) is 0 Å². The molecular weight excluding hydrogens is 184 g/mol. The standard InChI is InChI=1S/C6H14O5S/c1-12(2,3,4)6(9)11-10-5(7)8/h9H,1-4H3,(H,7,8). The smallest absolute Gasteiger partial charge is 0.448 e. The maximum Gasteiger partial charge on any atom is 0.538 e. The molecule has 6 heteroatoms. The van der Waals surface area contributed by atoms with Gasteiger partial charge in [0.25, 0.3) is 0 Å². The molecule has 0 unspecified atom stereocenters. The van der Waals surface area contributed by atoms with E-state index in [1.165, 1.54) is 0 Å². The van der Waals surface area contributed by atoms with Crippen LogP contribution < -0.4 is 0 Å². The Hall–Kier alpha value is -0.590. The zero-order valence-electron chi connectivity index (χ0n) is 7.53. The van der Waals surface area contributed by atoms with E-state index in [0.717, 1.165) is 0 Å². The molecule has 0 saturated carbocycles. The summed E-state index contributed by atoms with van der Waals surface area (Å²) in [5.41, 5.74) is 0. The number of aliphatic hydroxyl groups is 1. The van der Waals surface area contributed by atoms with E-state index < -0.39 is 14.9 Å². The molecule has 0 fully saturated rings. The zero-order chi connectivity index (χ0) is 10.0. The fraction of sp³-hybridized carbons (Fsp3) is 0.667. The minimum atomic E-state index is -2.19. The lowest BCUT2D eigenvalue weighted by atomic mass is 11.4. The maximum atomic E-state index is 9.88. The van der Waals surface area contributed by atoms with Crippen LogP contribution in [0, 0.1) is 0 Å². The summed E-state index contributed by atoms with van der Waals surface area (Å²) in [6.45, 7) is 0. The van der Waals surface area contributed by atoms with Gasteiger partial charge in [0.15, 0.2) is 0 Å². The second-order valence-corrected chi connectivity index (χ2v) is 10.8. The van der Waals surface area contributed by atoms with Crippen LogP contribution in [-0.2, 0) is 9.78 Å². The highest BCUT2D eigenvalue weighted by molar-refractivity contribution is 8.45. The summed E-state index contributed by atoms with van der Waals surface area (Å²) in [6.07, 6.45) is 5.52. The third-order valence-corrected chi connectivity index (χ3v) is 2.35. The molecule has 0 radical (unpaired) electrons. The van der Waals surface area contributed by atoms with E-state index in [1.807, 2.05) is 0 Å². The van der Waals surface area contributed by atoms with Gasteiger partial charge in [-0.3, -0.25) is 4.89 Å². The molecule has 0 bridgehead atoms. The van der Waals surface area contributed by atoms with Crippen molar-refractivity contribution in [3.8, 4) is 0 Å². The van der Waals surface area contributed by atoms with Crippen molar-refractivity contribution in [2.75, 3.05) is 25.0 Å². The van der Waals surface area contributed by atoms with Gasteiger partial charge in [-0.1, -0.05) is 0 Å². The average Bonchev–Trinajstić information content (AvgIpc) is 1.78. The first-order valence-electron chi connectivity index (χ1n) is 3.06. The monoisotopic (exact) mass is 198 g/mol. The molecule has 0 saturated heterocycles. The van der Waals surface area contributed by atoms with Crippen LogP contribution in [0.1, 0.15) is 0 Å². The van der Waals surface area contributed by atoms with Crippen molar-refractivity contribution in [3.63, 3.8) is 0 Å². The Kier molecular flexibility index (Phi) is 2.89. The molecule has 0 aromatic rings. The van der Waals surface area contributed by atoms with Gasteiger partial charge in [0.2, 0.25) is 5.24 Å². The number of hydrogen-bond donors (Lipinski definition) is 2. The highest BCUT2D eigenvalue weighted by Gasteiger charge is 2.17. The predicted molar refractivity (Wildman–Crippen MR) is 49.1 cm³/mol. The molecule has 0 aromatic heterocycles. The Morgan fingerprint density at radius 2 is 1.50 bits per heavy atom. The molecule has 0 aliphatic carbocycles.